The molecule has 0 aliphatic carbocycles. The zero-order valence-corrected chi connectivity index (χ0v) is 12.4. The maximum atomic E-state index is 12.3. The van der Waals surface area contributed by atoms with E-state index in [0.29, 0.717) is 13.1 Å². The van der Waals surface area contributed by atoms with Crippen LogP contribution < -0.4 is 10.1 Å². The van der Waals surface area contributed by atoms with Crippen LogP contribution in [0.3, 0.4) is 0 Å². The minimum absolute atomic E-state index is 0. The van der Waals surface area contributed by atoms with Gasteiger partial charge in [-0.15, -0.1) is 12.4 Å². The van der Waals surface area contributed by atoms with Crippen LogP contribution in [0.1, 0.15) is 11.3 Å². The average Bonchev–Trinajstić information content (AvgIpc) is 2.77. The summed E-state index contributed by atoms with van der Waals surface area (Å²) in [6.07, 6.45) is 1.83. The predicted octanol–water partition coefficient (Wildman–Crippen LogP) is 3.20. The molecule has 0 radical (unpaired) electrons. The first-order valence-electron chi connectivity index (χ1n) is 6.19. The molecule has 0 aliphatic heterocycles. The number of hydrogen-bond acceptors (Lipinski definition) is 3. The summed E-state index contributed by atoms with van der Waals surface area (Å²) in [6.45, 7) is 2.47. The molecule has 2 rings (SSSR count). The maximum absolute atomic E-state index is 12.3. The Kier molecular flexibility index (Phi) is 6.31. The number of benzene rings is 1. The van der Waals surface area contributed by atoms with Gasteiger partial charge in [0.25, 0.3) is 0 Å². The highest BCUT2D eigenvalue weighted by atomic mass is 35.5. The van der Waals surface area contributed by atoms with Gasteiger partial charge < -0.3 is 10.1 Å². The number of aryl methyl sites for hydroxylation is 2. The summed E-state index contributed by atoms with van der Waals surface area (Å²) < 4.78 is 19.1. The predicted molar refractivity (Wildman–Crippen MR) is 80.5 cm³/mol. The summed E-state index contributed by atoms with van der Waals surface area (Å²) in [5.41, 5.74) is 2.92. The Morgan fingerprint density at radius 3 is 2.90 bits per heavy atom. The highest BCUT2D eigenvalue weighted by Crippen LogP contribution is 2.16. The molecule has 0 atom stereocenters. The number of rotatable bonds is 6. The summed E-state index contributed by atoms with van der Waals surface area (Å²) >= 11 is 0. The van der Waals surface area contributed by atoms with Crippen molar-refractivity contribution >= 4 is 18.1 Å². The van der Waals surface area contributed by atoms with Crippen molar-refractivity contribution in [3.63, 3.8) is 0 Å². The second kappa shape index (κ2) is 7.75. The Bertz CT molecular complexity index is 545. The van der Waals surface area contributed by atoms with Gasteiger partial charge in [0.2, 0.25) is 0 Å². The highest BCUT2D eigenvalue weighted by Gasteiger charge is 2.04. The smallest absolute Gasteiger partial charge is 0.119 e. The van der Waals surface area contributed by atoms with Gasteiger partial charge in [0.15, 0.2) is 0 Å². The van der Waals surface area contributed by atoms with E-state index in [4.69, 9.17) is 4.74 Å². The van der Waals surface area contributed by atoms with Gasteiger partial charge in [0, 0.05) is 12.7 Å². The molecular weight excluding hydrogens is 281 g/mol. The topological polar surface area (TPSA) is 39.1 Å². The quantitative estimate of drug-likeness (QED) is 0.890. The number of methoxy groups -OCH3 is 1. The van der Waals surface area contributed by atoms with Gasteiger partial charge in [0.1, 0.15) is 12.4 Å². The van der Waals surface area contributed by atoms with Gasteiger partial charge in [0.05, 0.1) is 25.0 Å². The number of anilines is 1. The van der Waals surface area contributed by atoms with E-state index in [1.54, 1.807) is 11.8 Å². The first-order chi connectivity index (χ1) is 9.22. The minimum Gasteiger partial charge on any atom is -0.497 e. The van der Waals surface area contributed by atoms with Crippen LogP contribution in [0.5, 0.6) is 5.75 Å². The molecule has 0 bridgehead atoms. The van der Waals surface area contributed by atoms with Crippen LogP contribution in [0.25, 0.3) is 0 Å². The van der Waals surface area contributed by atoms with E-state index in [0.717, 1.165) is 22.7 Å². The number of ether oxygens (including phenoxy) is 1. The van der Waals surface area contributed by atoms with Crippen molar-refractivity contribution in [1.82, 2.24) is 9.78 Å². The lowest BCUT2D eigenvalue weighted by molar-refractivity contribution is 0.414. The van der Waals surface area contributed by atoms with Gasteiger partial charge in [-0.1, -0.05) is 12.1 Å². The van der Waals surface area contributed by atoms with Crippen molar-refractivity contribution in [2.45, 2.75) is 20.0 Å². The fraction of sp³-hybridized carbons (Fsp3) is 0.357. The molecule has 1 aromatic heterocycles. The fourth-order valence-corrected chi connectivity index (χ4v) is 1.87. The lowest BCUT2D eigenvalue weighted by Crippen LogP contribution is -2.00. The third-order valence-electron chi connectivity index (χ3n) is 2.88. The first kappa shape index (κ1) is 16.3. The second-order valence-electron chi connectivity index (χ2n) is 4.29. The van der Waals surface area contributed by atoms with E-state index in [2.05, 4.69) is 10.4 Å². The van der Waals surface area contributed by atoms with E-state index in [-0.39, 0.29) is 12.4 Å². The molecule has 0 saturated carbocycles. The largest absolute Gasteiger partial charge is 0.497 e. The number of hydrogen-bond donors (Lipinski definition) is 1. The van der Waals surface area contributed by atoms with E-state index in [1.807, 2.05) is 37.4 Å². The molecule has 0 saturated heterocycles. The van der Waals surface area contributed by atoms with E-state index < -0.39 is 6.67 Å². The van der Waals surface area contributed by atoms with E-state index in [9.17, 15) is 4.39 Å². The summed E-state index contributed by atoms with van der Waals surface area (Å²) in [4.78, 5) is 0. The Labute approximate surface area is 124 Å². The van der Waals surface area contributed by atoms with Crippen molar-refractivity contribution in [3.8, 4) is 5.75 Å². The molecule has 20 heavy (non-hydrogen) atoms. The minimum atomic E-state index is -0.406. The standard InChI is InChI=1S/C14H18FN3O.ClH/c1-11-14(10-18(17-11)7-6-15)16-9-12-4-3-5-13(8-12)19-2;/h3-5,8,10,16H,6-7,9H2,1-2H3;1H. The van der Waals surface area contributed by atoms with Crippen LogP contribution in [0.4, 0.5) is 10.1 Å². The second-order valence-corrected chi connectivity index (χ2v) is 4.29. The summed E-state index contributed by atoms with van der Waals surface area (Å²) in [7, 11) is 1.65. The zero-order chi connectivity index (χ0) is 13.7. The molecule has 1 aromatic carbocycles. The molecule has 0 fully saturated rings. The molecule has 0 amide bonds. The maximum Gasteiger partial charge on any atom is 0.119 e. The van der Waals surface area contributed by atoms with Crippen LogP contribution in [0.15, 0.2) is 30.5 Å². The SMILES string of the molecule is COc1cccc(CNc2cn(CCF)nc2C)c1.Cl. The summed E-state index contributed by atoms with van der Waals surface area (Å²) in [6, 6.07) is 7.87. The zero-order valence-electron chi connectivity index (χ0n) is 11.6. The van der Waals surface area contributed by atoms with Gasteiger partial charge in [-0.3, -0.25) is 4.68 Å². The number of nitrogens with zero attached hydrogens (tertiary/aromatic N) is 2. The Morgan fingerprint density at radius 2 is 2.20 bits per heavy atom. The Hall–Kier alpha value is -1.75. The van der Waals surface area contributed by atoms with Crippen molar-refractivity contribution < 1.29 is 9.13 Å². The molecule has 0 unspecified atom stereocenters. The Balaban J connectivity index is 0.00000200. The molecule has 110 valence electrons. The number of halogens is 2. The van der Waals surface area contributed by atoms with E-state index in [1.165, 1.54) is 0 Å². The molecule has 6 heteroatoms. The number of aromatic nitrogens is 2. The van der Waals surface area contributed by atoms with Crippen LogP contribution in [0, 0.1) is 6.92 Å². The van der Waals surface area contributed by atoms with Crippen LogP contribution in [-0.2, 0) is 13.1 Å². The van der Waals surface area contributed by atoms with Crippen molar-refractivity contribution in [2.24, 2.45) is 0 Å². The molecule has 0 aliphatic rings. The third-order valence-corrected chi connectivity index (χ3v) is 2.88. The average molecular weight is 300 g/mol. The van der Waals surface area contributed by atoms with Crippen LogP contribution >= 0.6 is 12.4 Å². The highest BCUT2D eigenvalue weighted by molar-refractivity contribution is 5.85. The molecular formula is C14H19ClFN3O. The molecule has 1 heterocycles. The number of alkyl halides is 1. The van der Waals surface area contributed by atoms with Gasteiger partial charge in [-0.05, 0) is 24.6 Å². The van der Waals surface area contributed by atoms with Crippen LogP contribution in [0.2, 0.25) is 0 Å². The van der Waals surface area contributed by atoms with Gasteiger partial charge in [-0.2, -0.15) is 5.10 Å². The van der Waals surface area contributed by atoms with Crippen molar-refractivity contribution in [3.05, 3.63) is 41.7 Å². The monoisotopic (exact) mass is 299 g/mol. The fourth-order valence-electron chi connectivity index (χ4n) is 1.87. The Morgan fingerprint density at radius 1 is 1.40 bits per heavy atom. The number of nitrogens with one attached hydrogen (secondary N) is 1. The summed E-state index contributed by atoms with van der Waals surface area (Å²) in [5.74, 6) is 0.837. The van der Waals surface area contributed by atoms with Gasteiger partial charge >= 0.3 is 0 Å². The van der Waals surface area contributed by atoms with Crippen LogP contribution in [-0.4, -0.2) is 23.6 Å². The third kappa shape index (κ3) is 4.13. The van der Waals surface area contributed by atoms with Crippen molar-refractivity contribution in [2.75, 3.05) is 19.1 Å². The van der Waals surface area contributed by atoms with Crippen molar-refractivity contribution in [1.29, 1.82) is 0 Å². The molecule has 2 aromatic rings. The lowest BCUT2D eigenvalue weighted by atomic mass is 10.2. The summed E-state index contributed by atoms with van der Waals surface area (Å²) in [5, 5.41) is 7.53. The lowest BCUT2D eigenvalue weighted by Gasteiger charge is -2.06. The molecule has 1 N–H and O–H groups in total. The molecule has 4 nitrogen and oxygen atoms in total. The normalized spacial score (nSPS) is 9.95. The van der Waals surface area contributed by atoms with Gasteiger partial charge in [-0.25, -0.2) is 4.39 Å². The molecule has 0 spiro atoms. The van der Waals surface area contributed by atoms with E-state index >= 15 is 0 Å². The first-order valence-corrected chi connectivity index (χ1v) is 6.19.